The first-order valence-corrected chi connectivity index (χ1v) is 5.06. The Kier molecular flexibility index (Phi) is 3.83. The molecule has 1 aromatic carbocycles. The number of benzene rings is 1. The summed E-state index contributed by atoms with van der Waals surface area (Å²) in [4.78, 5) is 11.2. The SMILES string of the molecule is Cc1ccc(SCCC(=O)[O-])cc1. The molecule has 2 nitrogen and oxygen atoms in total. The van der Waals surface area contributed by atoms with E-state index in [1.165, 1.54) is 17.3 Å². The lowest BCUT2D eigenvalue weighted by Crippen LogP contribution is -2.22. The van der Waals surface area contributed by atoms with Gasteiger partial charge < -0.3 is 9.90 Å². The molecule has 0 aliphatic rings. The number of aryl methyl sites for hydroxylation is 1. The van der Waals surface area contributed by atoms with Gasteiger partial charge in [-0.25, -0.2) is 0 Å². The van der Waals surface area contributed by atoms with E-state index in [4.69, 9.17) is 0 Å². The van der Waals surface area contributed by atoms with Gasteiger partial charge in [-0.1, -0.05) is 17.7 Å². The van der Waals surface area contributed by atoms with Crippen LogP contribution in [0.3, 0.4) is 0 Å². The van der Waals surface area contributed by atoms with E-state index in [1.54, 1.807) is 0 Å². The first-order chi connectivity index (χ1) is 6.18. The van der Waals surface area contributed by atoms with Gasteiger partial charge in [-0.2, -0.15) is 0 Å². The summed E-state index contributed by atoms with van der Waals surface area (Å²) in [6, 6.07) is 8.02. The maximum atomic E-state index is 10.1. The zero-order chi connectivity index (χ0) is 9.68. The topological polar surface area (TPSA) is 40.1 Å². The number of rotatable bonds is 4. The smallest absolute Gasteiger partial charge is 0.0422 e. The first-order valence-electron chi connectivity index (χ1n) is 4.08. The first kappa shape index (κ1) is 10.1. The van der Waals surface area contributed by atoms with Crippen LogP contribution in [0.15, 0.2) is 29.2 Å². The fourth-order valence-electron chi connectivity index (χ4n) is 0.887. The molecule has 13 heavy (non-hydrogen) atoms. The average molecular weight is 195 g/mol. The van der Waals surface area contributed by atoms with E-state index >= 15 is 0 Å². The molecule has 0 heterocycles. The third kappa shape index (κ3) is 3.99. The van der Waals surface area contributed by atoms with Crippen LogP contribution < -0.4 is 5.11 Å². The predicted molar refractivity (Wildman–Crippen MR) is 51.5 cm³/mol. The molecular weight excluding hydrogens is 184 g/mol. The van der Waals surface area contributed by atoms with E-state index in [0.29, 0.717) is 5.75 Å². The maximum absolute atomic E-state index is 10.1. The highest BCUT2D eigenvalue weighted by molar-refractivity contribution is 7.99. The Balaban J connectivity index is 2.37. The number of hydrogen-bond acceptors (Lipinski definition) is 3. The van der Waals surface area contributed by atoms with Crippen LogP contribution in [0.2, 0.25) is 0 Å². The zero-order valence-corrected chi connectivity index (χ0v) is 8.26. The van der Waals surface area contributed by atoms with Crippen molar-refractivity contribution in [3.8, 4) is 0 Å². The number of thioether (sulfide) groups is 1. The normalized spacial score (nSPS) is 9.92. The van der Waals surface area contributed by atoms with Crippen molar-refractivity contribution in [1.29, 1.82) is 0 Å². The van der Waals surface area contributed by atoms with Gasteiger partial charge in [-0.05, 0) is 25.5 Å². The predicted octanol–water partition coefficient (Wildman–Crippen LogP) is 1.23. The Morgan fingerprint density at radius 3 is 2.54 bits per heavy atom. The van der Waals surface area contributed by atoms with Gasteiger partial charge in [-0.15, -0.1) is 11.8 Å². The number of carbonyl (C=O) groups excluding carboxylic acids is 1. The number of carbonyl (C=O) groups is 1. The van der Waals surface area contributed by atoms with Crippen LogP contribution in [0.5, 0.6) is 0 Å². The maximum Gasteiger partial charge on any atom is 0.0422 e. The van der Waals surface area contributed by atoms with Gasteiger partial charge in [-0.3, -0.25) is 0 Å². The summed E-state index contributed by atoms with van der Waals surface area (Å²) < 4.78 is 0. The molecular formula is C10H11O2S-. The minimum Gasteiger partial charge on any atom is -0.550 e. The lowest BCUT2D eigenvalue weighted by molar-refractivity contribution is -0.305. The molecule has 0 unspecified atom stereocenters. The van der Waals surface area contributed by atoms with Crippen LogP contribution in [0, 0.1) is 6.92 Å². The standard InChI is InChI=1S/C10H12O2S/c1-8-2-4-9(5-3-8)13-7-6-10(11)12/h2-5H,6-7H2,1H3,(H,11,12)/p-1. The Morgan fingerprint density at radius 1 is 1.38 bits per heavy atom. The van der Waals surface area contributed by atoms with Crippen LogP contribution in [0.4, 0.5) is 0 Å². The van der Waals surface area contributed by atoms with Crippen molar-refractivity contribution < 1.29 is 9.90 Å². The van der Waals surface area contributed by atoms with E-state index in [1.807, 2.05) is 31.2 Å². The van der Waals surface area contributed by atoms with Crippen molar-refractivity contribution >= 4 is 17.7 Å². The van der Waals surface area contributed by atoms with E-state index < -0.39 is 5.97 Å². The third-order valence-corrected chi connectivity index (χ3v) is 2.61. The molecule has 0 amide bonds. The number of carboxylic acid groups (broad SMARTS) is 1. The second-order valence-electron chi connectivity index (χ2n) is 2.78. The van der Waals surface area contributed by atoms with Crippen molar-refractivity contribution in [2.45, 2.75) is 18.2 Å². The van der Waals surface area contributed by atoms with Gasteiger partial charge >= 0.3 is 0 Å². The summed E-state index contributed by atoms with van der Waals surface area (Å²) in [6.45, 7) is 2.02. The summed E-state index contributed by atoms with van der Waals surface area (Å²) >= 11 is 1.54. The highest BCUT2D eigenvalue weighted by Gasteiger charge is 1.93. The summed E-state index contributed by atoms with van der Waals surface area (Å²) in [5.74, 6) is -0.412. The Bertz CT molecular complexity index is 279. The molecule has 0 saturated carbocycles. The monoisotopic (exact) mass is 195 g/mol. The third-order valence-electron chi connectivity index (χ3n) is 1.60. The second-order valence-corrected chi connectivity index (χ2v) is 3.95. The average Bonchev–Trinajstić information content (AvgIpc) is 2.08. The lowest BCUT2D eigenvalue weighted by Gasteiger charge is -2.02. The molecule has 70 valence electrons. The molecule has 0 fully saturated rings. The highest BCUT2D eigenvalue weighted by Crippen LogP contribution is 2.18. The molecule has 0 aliphatic heterocycles. The van der Waals surface area contributed by atoms with Gasteiger partial charge in [0.2, 0.25) is 0 Å². The summed E-state index contributed by atoms with van der Waals surface area (Å²) in [5.41, 5.74) is 1.21. The largest absolute Gasteiger partial charge is 0.550 e. The minimum atomic E-state index is -0.986. The van der Waals surface area contributed by atoms with Crippen molar-refractivity contribution in [1.82, 2.24) is 0 Å². The molecule has 0 aromatic heterocycles. The van der Waals surface area contributed by atoms with Gasteiger partial charge in [0.25, 0.3) is 0 Å². The summed E-state index contributed by atoms with van der Waals surface area (Å²) in [7, 11) is 0. The number of carboxylic acids is 1. The number of aliphatic carboxylic acids is 1. The highest BCUT2D eigenvalue weighted by atomic mass is 32.2. The van der Waals surface area contributed by atoms with Crippen molar-refractivity contribution in [3.05, 3.63) is 29.8 Å². The summed E-state index contributed by atoms with van der Waals surface area (Å²) in [5, 5.41) is 10.1. The Labute approximate surface area is 82.0 Å². The van der Waals surface area contributed by atoms with Crippen LogP contribution in [0.25, 0.3) is 0 Å². The molecule has 1 aromatic rings. The van der Waals surface area contributed by atoms with Gasteiger partial charge in [0.05, 0.1) is 0 Å². The van der Waals surface area contributed by atoms with Gasteiger partial charge in [0.15, 0.2) is 0 Å². The zero-order valence-electron chi connectivity index (χ0n) is 7.45. The summed E-state index contributed by atoms with van der Waals surface area (Å²) in [6.07, 6.45) is 0.110. The Hall–Kier alpha value is -0.960. The molecule has 0 N–H and O–H groups in total. The van der Waals surface area contributed by atoms with Crippen molar-refractivity contribution in [2.75, 3.05) is 5.75 Å². The molecule has 0 spiro atoms. The Morgan fingerprint density at radius 2 is 2.00 bits per heavy atom. The molecule has 3 heteroatoms. The molecule has 0 atom stereocenters. The molecule has 0 radical (unpaired) electrons. The molecule has 0 bridgehead atoms. The van der Waals surface area contributed by atoms with Crippen LogP contribution in [-0.4, -0.2) is 11.7 Å². The lowest BCUT2D eigenvalue weighted by atomic mass is 10.2. The van der Waals surface area contributed by atoms with E-state index in [9.17, 15) is 9.90 Å². The van der Waals surface area contributed by atoms with E-state index in [2.05, 4.69) is 0 Å². The molecule has 1 rings (SSSR count). The second kappa shape index (κ2) is 4.92. The van der Waals surface area contributed by atoms with Crippen LogP contribution >= 0.6 is 11.8 Å². The van der Waals surface area contributed by atoms with Crippen molar-refractivity contribution in [2.24, 2.45) is 0 Å². The van der Waals surface area contributed by atoms with Crippen LogP contribution in [-0.2, 0) is 4.79 Å². The quantitative estimate of drug-likeness (QED) is 0.678. The van der Waals surface area contributed by atoms with Crippen molar-refractivity contribution in [3.63, 3.8) is 0 Å². The molecule has 0 aliphatic carbocycles. The van der Waals surface area contributed by atoms with Gasteiger partial charge in [0.1, 0.15) is 0 Å². The van der Waals surface area contributed by atoms with E-state index in [-0.39, 0.29) is 6.42 Å². The van der Waals surface area contributed by atoms with Crippen LogP contribution in [0.1, 0.15) is 12.0 Å². The minimum absolute atomic E-state index is 0.110. The number of hydrogen-bond donors (Lipinski definition) is 0. The molecule has 0 saturated heterocycles. The fraction of sp³-hybridized carbons (Fsp3) is 0.300. The fourth-order valence-corrected chi connectivity index (χ4v) is 1.72. The van der Waals surface area contributed by atoms with E-state index in [0.717, 1.165) is 4.90 Å². The van der Waals surface area contributed by atoms with Gasteiger partial charge in [0, 0.05) is 16.6 Å².